The maximum absolute atomic E-state index is 13.1. The number of alkyl halides is 2. The summed E-state index contributed by atoms with van der Waals surface area (Å²) in [5.74, 6) is 0.00872. The molecular weight excluding hydrogens is 464 g/mol. The van der Waals surface area contributed by atoms with Crippen molar-refractivity contribution in [2.45, 2.75) is 38.2 Å². The first-order chi connectivity index (χ1) is 16.3. The van der Waals surface area contributed by atoms with Gasteiger partial charge in [0.2, 0.25) is 0 Å². The first-order valence-corrected chi connectivity index (χ1v) is 11.3. The molecule has 7 nitrogen and oxygen atoms in total. The molecule has 10 heteroatoms. The molecule has 5 rings (SSSR count). The molecular formula is C24H22ClF2N5O2. The van der Waals surface area contributed by atoms with Gasteiger partial charge in [-0.25, -0.2) is 18.7 Å². The standard InChI is InChI=1S/C24H22ClF2N5O2/c1-13-20(25)24(33)32-12-18(16-7-8-34-19(9-16)17-10-28-31(2)11-17)30-21(23(32)29-13)14-3-5-15(6-4-14)22(26)27/h3-6,10-12,16,19,22H,7-9H2,1-2H3/t16-,19+/m0/s1. The monoisotopic (exact) mass is 485 g/mol. The third kappa shape index (κ3) is 4.10. The summed E-state index contributed by atoms with van der Waals surface area (Å²) in [6.07, 6.45) is 4.07. The highest BCUT2D eigenvalue weighted by Crippen LogP contribution is 2.37. The average molecular weight is 486 g/mol. The van der Waals surface area contributed by atoms with Gasteiger partial charge in [0.15, 0.2) is 5.65 Å². The van der Waals surface area contributed by atoms with E-state index in [0.717, 1.165) is 12.0 Å². The van der Waals surface area contributed by atoms with Crippen LogP contribution in [0.1, 0.15) is 53.8 Å². The zero-order valence-electron chi connectivity index (χ0n) is 18.6. The lowest BCUT2D eigenvalue weighted by Gasteiger charge is -2.29. The van der Waals surface area contributed by atoms with E-state index in [4.69, 9.17) is 21.3 Å². The highest BCUT2D eigenvalue weighted by Gasteiger charge is 2.28. The number of hydrogen-bond acceptors (Lipinski definition) is 5. The van der Waals surface area contributed by atoms with Crippen molar-refractivity contribution in [1.29, 1.82) is 0 Å². The Morgan fingerprint density at radius 1 is 1.18 bits per heavy atom. The van der Waals surface area contributed by atoms with Crippen molar-refractivity contribution < 1.29 is 13.5 Å². The van der Waals surface area contributed by atoms with E-state index >= 15 is 0 Å². The molecule has 0 radical (unpaired) electrons. The fourth-order valence-corrected chi connectivity index (χ4v) is 4.46. The minimum Gasteiger partial charge on any atom is -0.373 e. The van der Waals surface area contributed by atoms with Crippen LogP contribution in [0.15, 0.2) is 47.7 Å². The quantitative estimate of drug-likeness (QED) is 0.405. The third-order valence-corrected chi connectivity index (χ3v) is 6.61. The van der Waals surface area contributed by atoms with Gasteiger partial charge in [-0.15, -0.1) is 0 Å². The third-order valence-electron chi connectivity index (χ3n) is 6.18. The Morgan fingerprint density at radius 2 is 1.94 bits per heavy atom. The van der Waals surface area contributed by atoms with Gasteiger partial charge >= 0.3 is 0 Å². The number of aromatic nitrogens is 5. The molecule has 0 amide bonds. The predicted octanol–water partition coefficient (Wildman–Crippen LogP) is 5.02. The number of hydrogen-bond donors (Lipinski definition) is 0. The Hall–Kier alpha value is -3.17. The van der Waals surface area contributed by atoms with E-state index in [2.05, 4.69) is 10.1 Å². The number of aryl methyl sites for hydroxylation is 2. The summed E-state index contributed by atoms with van der Waals surface area (Å²) in [6, 6.07) is 5.87. The summed E-state index contributed by atoms with van der Waals surface area (Å²) >= 11 is 6.23. The summed E-state index contributed by atoms with van der Waals surface area (Å²) in [7, 11) is 1.85. The van der Waals surface area contributed by atoms with Crippen molar-refractivity contribution in [3.05, 3.63) is 80.7 Å². The SMILES string of the molecule is Cc1nc2c(-c3ccc(C(F)F)cc3)nc([C@H]3CCO[C@@H](c4cnn(C)c4)C3)cn2c(=O)c1Cl. The van der Waals surface area contributed by atoms with Gasteiger partial charge in [-0.1, -0.05) is 35.9 Å². The van der Waals surface area contributed by atoms with Gasteiger partial charge in [-0.2, -0.15) is 5.10 Å². The Bertz CT molecular complexity index is 1420. The smallest absolute Gasteiger partial charge is 0.277 e. The summed E-state index contributed by atoms with van der Waals surface area (Å²) in [5.41, 5.74) is 2.94. The van der Waals surface area contributed by atoms with Gasteiger partial charge < -0.3 is 4.74 Å². The molecule has 0 saturated carbocycles. The van der Waals surface area contributed by atoms with Crippen LogP contribution in [0.4, 0.5) is 8.78 Å². The fraction of sp³-hybridized carbons (Fsp3) is 0.333. The summed E-state index contributed by atoms with van der Waals surface area (Å²) < 4.78 is 35.3. The average Bonchev–Trinajstić information content (AvgIpc) is 3.29. The van der Waals surface area contributed by atoms with Crippen molar-refractivity contribution in [2.75, 3.05) is 6.61 Å². The second-order valence-corrected chi connectivity index (χ2v) is 8.85. The molecule has 176 valence electrons. The van der Waals surface area contributed by atoms with Crippen molar-refractivity contribution in [2.24, 2.45) is 7.05 Å². The second-order valence-electron chi connectivity index (χ2n) is 8.48. The highest BCUT2D eigenvalue weighted by molar-refractivity contribution is 6.31. The van der Waals surface area contributed by atoms with E-state index in [1.54, 1.807) is 36.1 Å². The van der Waals surface area contributed by atoms with Gasteiger partial charge in [0, 0.05) is 48.7 Å². The molecule has 0 N–H and O–H groups in total. The van der Waals surface area contributed by atoms with Crippen LogP contribution >= 0.6 is 11.6 Å². The molecule has 4 aromatic rings. The molecule has 1 aromatic carbocycles. The van der Waals surface area contributed by atoms with E-state index in [9.17, 15) is 13.6 Å². The Labute approximate surface area is 199 Å². The summed E-state index contributed by atoms with van der Waals surface area (Å²) in [5, 5.41) is 4.27. The van der Waals surface area contributed by atoms with Crippen LogP contribution < -0.4 is 5.56 Å². The van der Waals surface area contributed by atoms with Crippen LogP contribution in [-0.2, 0) is 11.8 Å². The number of fused-ring (bicyclic) bond motifs is 1. The van der Waals surface area contributed by atoms with Gasteiger partial charge in [0.05, 0.1) is 23.7 Å². The minimum atomic E-state index is -2.57. The molecule has 1 aliphatic rings. The van der Waals surface area contributed by atoms with Crippen LogP contribution in [0, 0.1) is 6.92 Å². The Balaban J connectivity index is 1.63. The fourth-order valence-electron chi connectivity index (χ4n) is 4.33. The van der Waals surface area contributed by atoms with Crippen molar-refractivity contribution in [3.8, 4) is 11.3 Å². The van der Waals surface area contributed by atoms with Crippen LogP contribution in [0.25, 0.3) is 16.9 Å². The predicted molar refractivity (Wildman–Crippen MR) is 123 cm³/mol. The number of nitrogens with zero attached hydrogens (tertiary/aromatic N) is 5. The summed E-state index contributed by atoms with van der Waals surface area (Å²) in [4.78, 5) is 22.4. The van der Waals surface area contributed by atoms with Crippen molar-refractivity contribution >= 4 is 17.2 Å². The second kappa shape index (κ2) is 8.88. The van der Waals surface area contributed by atoms with Crippen molar-refractivity contribution in [3.63, 3.8) is 0 Å². The first-order valence-electron chi connectivity index (χ1n) is 10.9. The molecule has 0 aliphatic carbocycles. The van der Waals surface area contributed by atoms with Crippen LogP contribution in [0.5, 0.6) is 0 Å². The Kier molecular flexibility index (Phi) is 5.91. The molecule has 1 aliphatic heterocycles. The van der Waals surface area contributed by atoms with Gasteiger partial charge in [0.25, 0.3) is 12.0 Å². The lowest BCUT2D eigenvalue weighted by atomic mass is 9.90. The van der Waals surface area contributed by atoms with E-state index in [1.165, 1.54) is 16.5 Å². The highest BCUT2D eigenvalue weighted by atomic mass is 35.5. The maximum Gasteiger partial charge on any atom is 0.277 e. The normalized spacial score (nSPS) is 18.6. The molecule has 1 saturated heterocycles. The van der Waals surface area contributed by atoms with E-state index in [-0.39, 0.29) is 22.6 Å². The lowest BCUT2D eigenvalue weighted by Crippen LogP contribution is -2.23. The molecule has 0 bridgehead atoms. The number of ether oxygens (including phenoxy) is 1. The minimum absolute atomic E-state index is 0.00872. The molecule has 4 heterocycles. The molecule has 3 aromatic heterocycles. The molecule has 1 fully saturated rings. The van der Waals surface area contributed by atoms with E-state index < -0.39 is 12.0 Å². The van der Waals surface area contributed by atoms with E-state index in [0.29, 0.717) is 41.3 Å². The van der Waals surface area contributed by atoms with Gasteiger partial charge in [0.1, 0.15) is 10.7 Å². The van der Waals surface area contributed by atoms with Crippen LogP contribution in [0.3, 0.4) is 0 Å². The number of benzene rings is 1. The zero-order valence-corrected chi connectivity index (χ0v) is 19.3. The maximum atomic E-state index is 13.1. The number of rotatable bonds is 4. The zero-order chi connectivity index (χ0) is 24.0. The molecule has 34 heavy (non-hydrogen) atoms. The first kappa shape index (κ1) is 22.6. The lowest BCUT2D eigenvalue weighted by molar-refractivity contribution is 0.00455. The van der Waals surface area contributed by atoms with Crippen LogP contribution in [-0.4, -0.2) is 30.8 Å². The van der Waals surface area contributed by atoms with Crippen LogP contribution in [0.2, 0.25) is 5.02 Å². The largest absolute Gasteiger partial charge is 0.373 e. The molecule has 0 spiro atoms. The summed E-state index contributed by atoms with van der Waals surface area (Å²) in [6.45, 7) is 2.18. The molecule has 2 atom stereocenters. The van der Waals surface area contributed by atoms with E-state index in [1.807, 2.05) is 13.2 Å². The Morgan fingerprint density at radius 3 is 2.62 bits per heavy atom. The number of halogens is 3. The molecule has 0 unspecified atom stereocenters. The van der Waals surface area contributed by atoms with Gasteiger partial charge in [-0.3, -0.25) is 13.9 Å². The van der Waals surface area contributed by atoms with Gasteiger partial charge in [-0.05, 0) is 19.8 Å². The van der Waals surface area contributed by atoms with Crippen molar-refractivity contribution in [1.82, 2.24) is 24.1 Å². The topological polar surface area (TPSA) is 74.3 Å².